The Bertz CT molecular complexity index is 762. The first-order chi connectivity index (χ1) is 9.50. The first kappa shape index (κ1) is 16.5. The van der Waals surface area contributed by atoms with E-state index in [1.54, 1.807) is 24.4 Å². The van der Waals surface area contributed by atoms with E-state index in [2.05, 4.69) is 4.98 Å². The van der Waals surface area contributed by atoms with Crippen molar-refractivity contribution >= 4 is 44.8 Å². The van der Waals surface area contributed by atoms with E-state index in [1.807, 2.05) is 0 Å². The molecule has 0 aliphatic carbocycles. The quantitative estimate of drug-likeness (QED) is 0.901. The summed E-state index contributed by atoms with van der Waals surface area (Å²) < 4.78 is 26.9. The highest BCUT2D eigenvalue weighted by molar-refractivity contribution is 7.89. The number of hydrogen-bond acceptors (Lipinski definition) is 4. The van der Waals surface area contributed by atoms with Gasteiger partial charge in [0.2, 0.25) is 10.0 Å². The molecule has 0 amide bonds. The van der Waals surface area contributed by atoms with Crippen LogP contribution in [0.2, 0.25) is 5.02 Å². The Labute approximate surface area is 134 Å². The van der Waals surface area contributed by atoms with Gasteiger partial charge in [-0.2, -0.15) is 4.31 Å². The minimum atomic E-state index is -3.58. The van der Waals surface area contributed by atoms with Crippen molar-refractivity contribution in [2.75, 3.05) is 13.1 Å². The summed E-state index contributed by atoms with van der Waals surface area (Å²) in [4.78, 5) is 4.20. The Morgan fingerprint density at radius 1 is 1.33 bits per heavy atom. The Kier molecular flexibility index (Phi) is 4.75. The second kappa shape index (κ2) is 6.06. The third-order valence-electron chi connectivity index (χ3n) is 3.50. The summed E-state index contributed by atoms with van der Waals surface area (Å²) in [5.74, 6) is 0. The molecule has 1 saturated heterocycles. The number of fused-ring (bicyclic) bond motifs is 1. The average Bonchev–Trinajstić information content (AvgIpc) is 2.86. The lowest BCUT2D eigenvalue weighted by Gasteiger charge is -2.17. The van der Waals surface area contributed by atoms with Crippen LogP contribution in [0.15, 0.2) is 35.5 Å². The molecule has 1 atom stereocenters. The van der Waals surface area contributed by atoms with Gasteiger partial charge in [-0.1, -0.05) is 23.7 Å². The zero-order valence-corrected chi connectivity index (χ0v) is 13.5. The van der Waals surface area contributed by atoms with Gasteiger partial charge in [-0.05, 0) is 12.5 Å². The molecule has 2 heterocycles. The predicted molar refractivity (Wildman–Crippen MR) is 85.4 cm³/mol. The number of rotatable bonds is 2. The van der Waals surface area contributed by atoms with E-state index in [1.165, 1.54) is 10.5 Å². The molecule has 1 aromatic heterocycles. The third kappa shape index (κ3) is 2.86. The molecule has 1 fully saturated rings. The maximum atomic E-state index is 12.7. The SMILES string of the molecule is Cl.NC1CCN(S(=O)(=O)c2cccc3cncc(Cl)c23)C1. The van der Waals surface area contributed by atoms with Crippen LogP contribution in [-0.2, 0) is 10.0 Å². The fraction of sp³-hybridized carbons (Fsp3) is 0.308. The largest absolute Gasteiger partial charge is 0.326 e. The second-order valence-electron chi connectivity index (χ2n) is 4.89. The van der Waals surface area contributed by atoms with Crippen LogP contribution < -0.4 is 5.73 Å². The minimum Gasteiger partial charge on any atom is -0.326 e. The second-order valence-corrected chi connectivity index (χ2v) is 7.20. The smallest absolute Gasteiger partial charge is 0.243 e. The summed E-state index contributed by atoms with van der Waals surface area (Å²) in [5.41, 5.74) is 5.80. The summed E-state index contributed by atoms with van der Waals surface area (Å²) in [7, 11) is -3.58. The molecule has 21 heavy (non-hydrogen) atoms. The number of hydrogen-bond donors (Lipinski definition) is 1. The van der Waals surface area contributed by atoms with Crippen LogP contribution in [0.4, 0.5) is 0 Å². The number of halogens is 2. The Morgan fingerprint density at radius 3 is 2.76 bits per heavy atom. The van der Waals surface area contributed by atoms with Crippen LogP contribution >= 0.6 is 24.0 Å². The van der Waals surface area contributed by atoms with Crippen LogP contribution in [0.1, 0.15) is 6.42 Å². The molecule has 0 radical (unpaired) electrons. The number of pyridine rings is 1. The Hall–Kier alpha value is -0.920. The van der Waals surface area contributed by atoms with E-state index in [0.29, 0.717) is 35.3 Å². The molecule has 1 aliphatic heterocycles. The summed E-state index contributed by atoms with van der Waals surface area (Å²) in [5, 5.41) is 1.57. The molecule has 0 bridgehead atoms. The van der Waals surface area contributed by atoms with E-state index in [0.717, 1.165) is 0 Å². The maximum absolute atomic E-state index is 12.7. The molecule has 2 N–H and O–H groups in total. The molecular weight excluding hydrogens is 333 g/mol. The molecule has 1 aliphatic rings. The van der Waals surface area contributed by atoms with Crippen LogP contribution in [-0.4, -0.2) is 36.8 Å². The molecule has 1 aromatic carbocycles. The fourth-order valence-electron chi connectivity index (χ4n) is 2.49. The lowest BCUT2D eigenvalue weighted by Crippen LogP contribution is -2.32. The van der Waals surface area contributed by atoms with Gasteiger partial charge in [-0.25, -0.2) is 8.42 Å². The Morgan fingerprint density at radius 2 is 2.10 bits per heavy atom. The number of nitrogens with zero attached hydrogens (tertiary/aromatic N) is 2. The van der Waals surface area contributed by atoms with Gasteiger partial charge in [0.25, 0.3) is 0 Å². The molecule has 114 valence electrons. The highest BCUT2D eigenvalue weighted by Gasteiger charge is 2.32. The number of aromatic nitrogens is 1. The molecule has 1 unspecified atom stereocenters. The predicted octanol–water partition coefficient (Wildman–Crippen LogP) is 2.03. The van der Waals surface area contributed by atoms with Gasteiger partial charge in [0.1, 0.15) is 0 Å². The molecule has 8 heteroatoms. The van der Waals surface area contributed by atoms with E-state index < -0.39 is 10.0 Å². The van der Waals surface area contributed by atoms with Crippen molar-refractivity contribution in [2.24, 2.45) is 5.73 Å². The van der Waals surface area contributed by atoms with E-state index in [4.69, 9.17) is 17.3 Å². The zero-order chi connectivity index (χ0) is 14.3. The van der Waals surface area contributed by atoms with Crippen molar-refractivity contribution in [3.05, 3.63) is 35.6 Å². The highest BCUT2D eigenvalue weighted by atomic mass is 35.5. The molecule has 5 nitrogen and oxygen atoms in total. The summed E-state index contributed by atoms with van der Waals surface area (Å²) in [6.45, 7) is 0.796. The first-order valence-corrected chi connectivity index (χ1v) is 8.10. The lowest BCUT2D eigenvalue weighted by molar-refractivity contribution is 0.473. The molecular formula is C13H15Cl2N3O2S. The zero-order valence-electron chi connectivity index (χ0n) is 11.1. The van der Waals surface area contributed by atoms with Crippen LogP contribution in [0.25, 0.3) is 10.8 Å². The number of nitrogens with two attached hydrogens (primary N) is 1. The fourth-order valence-corrected chi connectivity index (χ4v) is 4.56. The molecule has 0 saturated carbocycles. The first-order valence-electron chi connectivity index (χ1n) is 6.28. The van der Waals surface area contributed by atoms with E-state index in [9.17, 15) is 8.42 Å². The van der Waals surface area contributed by atoms with Crippen molar-refractivity contribution in [1.82, 2.24) is 9.29 Å². The van der Waals surface area contributed by atoms with Crippen LogP contribution in [0.5, 0.6) is 0 Å². The molecule has 0 spiro atoms. The van der Waals surface area contributed by atoms with Gasteiger partial charge in [-0.15, -0.1) is 12.4 Å². The van der Waals surface area contributed by atoms with E-state index >= 15 is 0 Å². The van der Waals surface area contributed by atoms with Gasteiger partial charge in [0, 0.05) is 42.3 Å². The summed E-state index contributed by atoms with van der Waals surface area (Å²) in [6, 6.07) is 4.97. The van der Waals surface area contributed by atoms with Gasteiger partial charge in [-0.3, -0.25) is 4.98 Å². The van der Waals surface area contributed by atoms with Gasteiger partial charge in [0.15, 0.2) is 0 Å². The molecule has 2 aromatic rings. The Balaban J connectivity index is 0.00000161. The van der Waals surface area contributed by atoms with Crippen molar-refractivity contribution in [2.45, 2.75) is 17.4 Å². The number of sulfonamides is 1. The minimum absolute atomic E-state index is 0. The monoisotopic (exact) mass is 347 g/mol. The summed E-state index contributed by atoms with van der Waals surface area (Å²) in [6.07, 6.45) is 3.74. The van der Waals surface area contributed by atoms with Crippen molar-refractivity contribution in [1.29, 1.82) is 0 Å². The van der Waals surface area contributed by atoms with Crippen molar-refractivity contribution < 1.29 is 8.42 Å². The number of benzene rings is 1. The molecule has 3 rings (SSSR count). The average molecular weight is 348 g/mol. The topological polar surface area (TPSA) is 76.3 Å². The van der Waals surface area contributed by atoms with Crippen LogP contribution in [0, 0.1) is 0 Å². The highest BCUT2D eigenvalue weighted by Crippen LogP contribution is 2.31. The summed E-state index contributed by atoms with van der Waals surface area (Å²) >= 11 is 6.13. The van der Waals surface area contributed by atoms with Gasteiger partial charge in [0.05, 0.1) is 9.92 Å². The third-order valence-corrected chi connectivity index (χ3v) is 5.70. The normalized spacial score (nSPS) is 19.6. The van der Waals surface area contributed by atoms with Gasteiger partial charge >= 0.3 is 0 Å². The lowest BCUT2D eigenvalue weighted by atomic mass is 10.2. The van der Waals surface area contributed by atoms with Crippen LogP contribution in [0.3, 0.4) is 0 Å². The standard InChI is InChI=1S/C13H14ClN3O2S.ClH/c14-11-7-16-6-9-2-1-3-12(13(9)11)20(18,19)17-5-4-10(15)8-17;/h1-3,6-7,10H,4-5,8,15H2;1H. The van der Waals surface area contributed by atoms with Gasteiger partial charge < -0.3 is 5.73 Å². The van der Waals surface area contributed by atoms with Crippen molar-refractivity contribution in [3.63, 3.8) is 0 Å². The van der Waals surface area contributed by atoms with E-state index in [-0.39, 0.29) is 23.3 Å². The van der Waals surface area contributed by atoms with Crippen molar-refractivity contribution in [3.8, 4) is 0 Å². The maximum Gasteiger partial charge on any atom is 0.243 e.